The van der Waals surface area contributed by atoms with E-state index in [0.717, 1.165) is 61.2 Å². The van der Waals surface area contributed by atoms with Crippen LogP contribution in [-0.2, 0) is 26.3 Å². The first kappa shape index (κ1) is 19.8. The molecule has 2 aromatic carbocycles. The average molecular weight is 430 g/mol. The molecule has 0 aromatic heterocycles. The van der Waals surface area contributed by atoms with Crippen LogP contribution < -0.4 is 9.47 Å². The van der Waals surface area contributed by atoms with Crippen LogP contribution in [0.1, 0.15) is 41.9 Å². The highest BCUT2D eigenvalue weighted by atomic mass is 32.2. The van der Waals surface area contributed by atoms with E-state index in [1.165, 1.54) is 5.56 Å². The van der Waals surface area contributed by atoms with Gasteiger partial charge in [0.15, 0.2) is 11.5 Å². The van der Waals surface area contributed by atoms with Crippen molar-refractivity contribution in [1.29, 1.82) is 0 Å². The first-order chi connectivity index (χ1) is 14.4. The lowest BCUT2D eigenvalue weighted by Gasteiger charge is -2.40. The van der Waals surface area contributed by atoms with E-state index in [2.05, 4.69) is 29.2 Å². The molecule has 3 aliphatic rings. The Labute approximate surface area is 177 Å². The molecule has 30 heavy (non-hydrogen) atoms. The second-order valence-electron chi connectivity index (χ2n) is 8.59. The summed E-state index contributed by atoms with van der Waals surface area (Å²) >= 11 is 0. The summed E-state index contributed by atoms with van der Waals surface area (Å²) < 4.78 is 41.8. The lowest BCUT2D eigenvalue weighted by atomic mass is 9.78. The zero-order valence-electron chi connectivity index (χ0n) is 17.2. The topological polar surface area (TPSA) is 65.1 Å². The molecule has 7 heteroatoms. The van der Waals surface area contributed by atoms with E-state index in [4.69, 9.17) is 13.7 Å². The molecular formula is C23H27NO5S. The van der Waals surface area contributed by atoms with Gasteiger partial charge in [0.2, 0.25) is 6.79 Å². The van der Waals surface area contributed by atoms with Crippen molar-refractivity contribution in [3.63, 3.8) is 0 Å². The molecule has 0 spiro atoms. The number of hydrogen-bond donors (Lipinski definition) is 0. The van der Waals surface area contributed by atoms with Crippen LogP contribution in [0.3, 0.4) is 0 Å². The van der Waals surface area contributed by atoms with Gasteiger partial charge >= 0.3 is 0 Å². The van der Waals surface area contributed by atoms with Gasteiger partial charge in [0, 0.05) is 18.7 Å². The number of fused-ring (bicyclic) bond motifs is 3. The molecule has 0 radical (unpaired) electrons. The predicted molar refractivity (Wildman–Crippen MR) is 113 cm³/mol. The first-order valence-electron chi connectivity index (χ1n) is 10.5. The highest BCUT2D eigenvalue weighted by Crippen LogP contribution is 2.48. The molecule has 5 rings (SSSR count). The Morgan fingerprint density at radius 1 is 1.17 bits per heavy atom. The molecule has 0 amide bonds. The Hall–Kier alpha value is -2.09. The fourth-order valence-electron chi connectivity index (χ4n) is 5.29. The van der Waals surface area contributed by atoms with Crippen molar-refractivity contribution in [3.05, 3.63) is 59.2 Å². The Balaban J connectivity index is 1.47. The van der Waals surface area contributed by atoms with Gasteiger partial charge in [0.05, 0.1) is 6.26 Å². The van der Waals surface area contributed by atoms with Gasteiger partial charge in [-0.1, -0.05) is 36.4 Å². The van der Waals surface area contributed by atoms with Gasteiger partial charge in [-0.15, -0.1) is 0 Å². The van der Waals surface area contributed by atoms with E-state index in [1.807, 2.05) is 18.2 Å². The summed E-state index contributed by atoms with van der Waals surface area (Å²) in [6.07, 6.45) is 4.56. The van der Waals surface area contributed by atoms with E-state index in [1.54, 1.807) is 0 Å². The third kappa shape index (κ3) is 3.70. The molecule has 6 nitrogen and oxygen atoms in total. The molecule has 0 saturated carbocycles. The molecule has 2 atom stereocenters. The van der Waals surface area contributed by atoms with Crippen LogP contribution in [0.5, 0.6) is 11.5 Å². The number of rotatable bonds is 5. The third-order valence-corrected chi connectivity index (χ3v) is 7.10. The zero-order chi connectivity index (χ0) is 20.8. The Kier molecular flexibility index (Phi) is 5.00. The zero-order valence-corrected chi connectivity index (χ0v) is 18.0. The van der Waals surface area contributed by atoms with Crippen LogP contribution in [0, 0.1) is 0 Å². The number of ether oxygens (including phenoxy) is 2. The van der Waals surface area contributed by atoms with Gasteiger partial charge in [0.1, 0.15) is 5.60 Å². The van der Waals surface area contributed by atoms with Crippen LogP contribution >= 0.6 is 0 Å². The lowest BCUT2D eigenvalue weighted by Crippen LogP contribution is -2.45. The van der Waals surface area contributed by atoms with E-state index in [9.17, 15) is 8.42 Å². The van der Waals surface area contributed by atoms with Crippen molar-refractivity contribution in [3.8, 4) is 11.5 Å². The number of nitrogens with zero attached hydrogens (tertiary/aromatic N) is 1. The lowest BCUT2D eigenvalue weighted by molar-refractivity contribution is 0.0212. The van der Waals surface area contributed by atoms with Crippen molar-refractivity contribution in [2.45, 2.75) is 37.2 Å². The molecule has 2 unspecified atom stereocenters. The largest absolute Gasteiger partial charge is 0.454 e. The van der Waals surface area contributed by atoms with Gasteiger partial charge in [0.25, 0.3) is 10.1 Å². The van der Waals surface area contributed by atoms with E-state index in [-0.39, 0.29) is 6.79 Å². The summed E-state index contributed by atoms with van der Waals surface area (Å²) in [7, 11) is -3.65. The summed E-state index contributed by atoms with van der Waals surface area (Å²) in [5.74, 6) is 1.94. The summed E-state index contributed by atoms with van der Waals surface area (Å²) in [5.41, 5.74) is 2.39. The summed E-state index contributed by atoms with van der Waals surface area (Å²) in [5, 5.41) is 0. The maximum absolute atomic E-state index is 12.3. The van der Waals surface area contributed by atoms with Crippen LogP contribution in [0.4, 0.5) is 0 Å². The second-order valence-corrected chi connectivity index (χ2v) is 10.2. The summed E-state index contributed by atoms with van der Waals surface area (Å²) in [4.78, 5) is 2.35. The number of hydrogen-bond acceptors (Lipinski definition) is 6. The molecule has 0 N–H and O–H groups in total. The molecule has 2 aliphatic heterocycles. The van der Waals surface area contributed by atoms with Crippen LogP contribution in [0.2, 0.25) is 0 Å². The SMILES string of the molecule is CS(=O)(=O)OC1(CN2CCC(c3ccccc3)C2)CCCc2c1ccc1c2OCO1. The average Bonchev–Trinajstić information content (AvgIpc) is 3.37. The molecule has 2 aromatic rings. The third-order valence-electron chi connectivity index (χ3n) is 6.47. The quantitative estimate of drug-likeness (QED) is 0.679. The van der Waals surface area contributed by atoms with Gasteiger partial charge in [-0.25, -0.2) is 0 Å². The minimum absolute atomic E-state index is 0.205. The fraction of sp³-hybridized carbons (Fsp3) is 0.478. The van der Waals surface area contributed by atoms with E-state index in [0.29, 0.717) is 18.9 Å². The van der Waals surface area contributed by atoms with Gasteiger partial charge in [-0.3, -0.25) is 9.08 Å². The summed E-state index contributed by atoms with van der Waals surface area (Å²) in [6, 6.07) is 14.4. The molecule has 1 fully saturated rings. The molecule has 160 valence electrons. The maximum Gasteiger partial charge on any atom is 0.265 e. The smallest absolute Gasteiger partial charge is 0.265 e. The van der Waals surface area contributed by atoms with Crippen molar-refractivity contribution in [2.24, 2.45) is 0 Å². The van der Waals surface area contributed by atoms with E-state index < -0.39 is 15.7 Å². The first-order valence-corrected chi connectivity index (χ1v) is 12.4. The standard InChI is InChI=1S/C23H27NO5S/c1-30(25,26)29-23(15-24-13-11-18(14-24)17-6-3-2-4-7-17)12-5-8-19-20(23)9-10-21-22(19)28-16-27-21/h2-4,6-7,9-10,18H,5,8,11-16H2,1H3. The van der Waals surface area contributed by atoms with Crippen molar-refractivity contribution in [2.75, 3.05) is 32.7 Å². The van der Waals surface area contributed by atoms with Crippen molar-refractivity contribution >= 4 is 10.1 Å². The van der Waals surface area contributed by atoms with Crippen LogP contribution in [0.15, 0.2) is 42.5 Å². The molecular weight excluding hydrogens is 402 g/mol. The number of likely N-dealkylation sites (tertiary alicyclic amines) is 1. The maximum atomic E-state index is 12.3. The highest BCUT2D eigenvalue weighted by molar-refractivity contribution is 7.86. The van der Waals surface area contributed by atoms with Crippen molar-refractivity contribution in [1.82, 2.24) is 4.90 Å². The van der Waals surface area contributed by atoms with E-state index >= 15 is 0 Å². The number of benzene rings is 2. The molecule has 1 aliphatic carbocycles. The Morgan fingerprint density at radius 2 is 2.00 bits per heavy atom. The minimum atomic E-state index is -3.65. The van der Waals surface area contributed by atoms with Crippen LogP contribution in [-0.4, -0.2) is 46.0 Å². The van der Waals surface area contributed by atoms with Crippen LogP contribution in [0.25, 0.3) is 0 Å². The highest BCUT2D eigenvalue weighted by Gasteiger charge is 2.45. The van der Waals surface area contributed by atoms with Gasteiger partial charge in [-0.2, -0.15) is 8.42 Å². The molecule has 1 saturated heterocycles. The Bertz CT molecular complexity index is 1040. The molecule has 2 heterocycles. The Morgan fingerprint density at radius 3 is 2.80 bits per heavy atom. The predicted octanol–water partition coefficient (Wildman–Crippen LogP) is 3.41. The fourth-order valence-corrected chi connectivity index (χ4v) is 6.10. The monoisotopic (exact) mass is 429 g/mol. The van der Waals surface area contributed by atoms with Gasteiger partial charge < -0.3 is 9.47 Å². The van der Waals surface area contributed by atoms with Gasteiger partial charge in [-0.05, 0) is 55.3 Å². The molecule has 0 bridgehead atoms. The summed E-state index contributed by atoms with van der Waals surface area (Å²) in [6.45, 7) is 2.58. The van der Waals surface area contributed by atoms with Crippen molar-refractivity contribution < 1.29 is 22.1 Å². The minimum Gasteiger partial charge on any atom is -0.454 e. The second kappa shape index (κ2) is 7.55. The normalized spacial score (nSPS) is 26.0.